The third-order valence-electron chi connectivity index (χ3n) is 2.54. The lowest BCUT2D eigenvalue weighted by Gasteiger charge is -2.16. The van der Waals surface area contributed by atoms with E-state index >= 15 is 0 Å². The van der Waals surface area contributed by atoms with Gasteiger partial charge in [-0.25, -0.2) is 0 Å². The van der Waals surface area contributed by atoms with Gasteiger partial charge in [-0.2, -0.15) is 0 Å². The first kappa shape index (κ1) is 14.6. The van der Waals surface area contributed by atoms with Crippen LogP contribution in [0.3, 0.4) is 0 Å². The molecule has 0 saturated heterocycles. The fraction of sp³-hybridized carbons (Fsp3) is 0.154. The van der Waals surface area contributed by atoms with Crippen LogP contribution in [-0.4, -0.2) is 17.9 Å². The summed E-state index contributed by atoms with van der Waals surface area (Å²) in [4.78, 5) is 13.8. The minimum Gasteiger partial charge on any atom is -0.452 e. The Kier molecular flexibility index (Phi) is 4.71. The third-order valence-corrected chi connectivity index (χ3v) is 4.18. The molecule has 0 saturated carbocycles. The maximum absolute atomic E-state index is 12.2. The van der Waals surface area contributed by atoms with Crippen molar-refractivity contribution in [1.82, 2.24) is 4.90 Å². The van der Waals surface area contributed by atoms with Crippen molar-refractivity contribution in [3.05, 3.63) is 55.8 Å². The molecule has 2 aromatic rings. The molecule has 0 radical (unpaired) electrons. The average Bonchev–Trinajstić information content (AvgIpc) is 2.77. The van der Waals surface area contributed by atoms with Crippen LogP contribution in [0, 0.1) is 0 Å². The van der Waals surface area contributed by atoms with E-state index in [2.05, 4.69) is 31.9 Å². The molecule has 1 aromatic carbocycles. The normalized spacial score (nSPS) is 10.5. The smallest absolute Gasteiger partial charge is 0.254 e. The van der Waals surface area contributed by atoms with Crippen molar-refractivity contribution in [3.8, 4) is 0 Å². The molecule has 0 aliphatic heterocycles. The van der Waals surface area contributed by atoms with Gasteiger partial charge in [0.1, 0.15) is 5.76 Å². The summed E-state index contributed by atoms with van der Waals surface area (Å²) in [7, 11) is 1.72. The van der Waals surface area contributed by atoms with Crippen molar-refractivity contribution in [2.24, 2.45) is 0 Å². The molecule has 0 spiro atoms. The van der Waals surface area contributed by atoms with Gasteiger partial charge in [0.25, 0.3) is 5.91 Å². The molecule has 1 aromatic heterocycles. The van der Waals surface area contributed by atoms with Crippen LogP contribution in [-0.2, 0) is 6.54 Å². The number of amides is 1. The maximum atomic E-state index is 12.2. The molecule has 0 unspecified atom stereocenters. The lowest BCUT2D eigenvalue weighted by Crippen LogP contribution is -2.25. The van der Waals surface area contributed by atoms with Gasteiger partial charge in [0, 0.05) is 17.1 Å². The van der Waals surface area contributed by atoms with E-state index in [9.17, 15) is 4.79 Å². The van der Waals surface area contributed by atoms with Crippen molar-refractivity contribution in [2.45, 2.75) is 6.54 Å². The highest BCUT2D eigenvalue weighted by Crippen LogP contribution is 2.24. The van der Waals surface area contributed by atoms with Gasteiger partial charge in [0.2, 0.25) is 0 Å². The van der Waals surface area contributed by atoms with Gasteiger partial charge in [-0.3, -0.25) is 4.79 Å². The van der Waals surface area contributed by atoms with E-state index in [1.54, 1.807) is 36.2 Å². The van der Waals surface area contributed by atoms with E-state index in [-0.39, 0.29) is 5.91 Å². The van der Waals surface area contributed by atoms with Crippen LogP contribution in [0.2, 0.25) is 5.02 Å². The fourth-order valence-electron chi connectivity index (χ4n) is 1.59. The van der Waals surface area contributed by atoms with Gasteiger partial charge >= 0.3 is 0 Å². The number of benzene rings is 1. The van der Waals surface area contributed by atoms with Gasteiger partial charge in [-0.05, 0) is 62.2 Å². The van der Waals surface area contributed by atoms with Gasteiger partial charge in [0.05, 0.1) is 11.6 Å². The SMILES string of the molecule is CN(Cc1ccc(Br)o1)C(=O)c1ccc(Cl)c(Br)c1. The molecule has 0 aliphatic carbocycles. The number of rotatable bonds is 3. The Morgan fingerprint density at radius 1 is 1.32 bits per heavy atom. The second kappa shape index (κ2) is 6.11. The molecule has 3 nitrogen and oxygen atoms in total. The van der Waals surface area contributed by atoms with Crippen LogP contribution < -0.4 is 0 Å². The van der Waals surface area contributed by atoms with Gasteiger partial charge in [-0.15, -0.1) is 0 Å². The molecule has 0 N–H and O–H groups in total. The molecule has 0 bridgehead atoms. The van der Waals surface area contributed by atoms with Crippen LogP contribution in [0.15, 0.2) is 43.9 Å². The van der Waals surface area contributed by atoms with Crippen LogP contribution >= 0.6 is 43.5 Å². The second-order valence-electron chi connectivity index (χ2n) is 4.00. The Labute approximate surface area is 132 Å². The largest absolute Gasteiger partial charge is 0.452 e. The Hall–Kier alpha value is -0.780. The predicted octanol–water partition coefficient (Wildman–Crippen LogP) is 4.73. The summed E-state index contributed by atoms with van der Waals surface area (Å²) >= 11 is 12.4. The molecule has 2 rings (SSSR count). The molecule has 19 heavy (non-hydrogen) atoms. The molecule has 6 heteroatoms. The Morgan fingerprint density at radius 3 is 2.63 bits per heavy atom. The molecule has 0 atom stereocenters. The average molecular weight is 407 g/mol. The lowest BCUT2D eigenvalue weighted by atomic mass is 10.2. The summed E-state index contributed by atoms with van der Waals surface area (Å²) < 4.78 is 6.73. The highest BCUT2D eigenvalue weighted by Gasteiger charge is 2.14. The highest BCUT2D eigenvalue weighted by atomic mass is 79.9. The zero-order valence-electron chi connectivity index (χ0n) is 9.99. The number of carbonyl (C=O) groups is 1. The van der Waals surface area contributed by atoms with Crippen molar-refractivity contribution >= 4 is 49.4 Å². The molecule has 0 aliphatic rings. The number of hydrogen-bond donors (Lipinski definition) is 0. The molecule has 100 valence electrons. The summed E-state index contributed by atoms with van der Waals surface area (Å²) in [6.07, 6.45) is 0. The third kappa shape index (κ3) is 3.61. The molecule has 0 fully saturated rings. The minimum atomic E-state index is -0.0927. The predicted molar refractivity (Wildman–Crippen MR) is 81.4 cm³/mol. The summed E-state index contributed by atoms with van der Waals surface area (Å²) in [6.45, 7) is 0.407. The van der Waals surface area contributed by atoms with Crippen LogP contribution in [0.25, 0.3) is 0 Å². The zero-order valence-corrected chi connectivity index (χ0v) is 13.9. The van der Waals surface area contributed by atoms with Crippen LogP contribution in [0.4, 0.5) is 0 Å². The number of hydrogen-bond acceptors (Lipinski definition) is 2. The number of nitrogens with zero attached hydrogens (tertiary/aromatic N) is 1. The van der Waals surface area contributed by atoms with E-state index in [1.165, 1.54) is 0 Å². The summed E-state index contributed by atoms with van der Waals surface area (Å²) in [5.41, 5.74) is 0.574. The topological polar surface area (TPSA) is 33.5 Å². The monoisotopic (exact) mass is 405 g/mol. The van der Waals surface area contributed by atoms with Crippen molar-refractivity contribution in [3.63, 3.8) is 0 Å². The van der Waals surface area contributed by atoms with Crippen LogP contribution in [0.5, 0.6) is 0 Å². The number of halogens is 3. The fourth-order valence-corrected chi connectivity index (χ4v) is 2.43. The summed E-state index contributed by atoms with van der Waals surface area (Å²) in [5, 5.41) is 0.578. The maximum Gasteiger partial charge on any atom is 0.254 e. The summed E-state index contributed by atoms with van der Waals surface area (Å²) in [5.74, 6) is 0.626. The Morgan fingerprint density at radius 2 is 2.05 bits per heavy atom. The first-order chi connectivity index (χ1) is 8.97. The zero-order chi connectivity index (χ0) is 14.0. The standard InChI is InChI=1S/C13H10Br2ClNO2/c1-17(7-9-3-5-12(15)19-9)13(18)8-2-4-11(16)10(14)6-8/h2-6H,7H2,1H3. The van der Waals surface area contributed by atoms with E-state index in [0.717, 1.165) is 5.76 Å². The quantitative estimate of drug-likeness (QED) is 0.737. The molecular weight excluding hydrogens is 397 g/mol. The van der Waals surface area contributed by atoms with Crippen molar-refractivity contribution in [2.75, 3.05) is 7.05 Å². The first-order valence-corrected chi connectivity index (χ1v) is 7.38. The van der Waals surface area contributed by atoms with E-state index in [4.69, 9.17) is 16.0 Å². The molecule has 1 heterocycles. The number of furan rings is 1. The molecule has 1 amide bonds. The van der Waals surface area contributed by atoms with Gasteiger partial charge in [0.15, 0.2) is 4.67 Å². The minimum absolute atomic E-state index is 0.0927. The summed E-state index contributed by atoms with van der Waals surface area (Å²) in [6, 6.07) is 8.72. The second-order valence-corrected chi connectivity index (χ2v) is 6.04. The van der Waals surface area contributed by atoms with E-state index < -0.39 is 0 Å². The first-order valence-electron chi connectivity index (χ1n) is 5.42. The number of carbonyl (C=O) groups excluding carboxylic acids is 1. The highest BCUT2D eigenvalue weighted by molar-refractivity contribution is 9.10. The van der Waals surface area contributed by atoms with Crippen molar-refractivity contribution in [1.29, 1.82) is 0 Å². The lowest BCUT2D eigenvalue weighted by molar-refractivity contribution is 0.0775. The Balaban J connectivity index is 2.12. The van der Waals surface area contributed by atoms with Gasteiger partial charge < -0.3 is 9.32 Å². The van der Waals surface area contributed by atoms with E-state index in [0.29, 0.717) is 26.3 Å². The van der Waals surface area contributed by atoms with Crippen molar-refractivity contribution < 1.29 is 9.21 Å². The van der Waals surface area contributed by atoms with E-state index in [1.807, 2.05) is 6.07 Å². The Bertz CT molecular complexity index is 612. The molecular formula is C13H10Br2ClNO2. The van der Waals surface area contributed by atoms with Gasteiger partial charge in [-0.1, -0.05) is 11.6 Å². The van der Waals surface area contributed by atoms with Crippen LogP contribution in [0.1, 0.15) is 16.1 Å².